The summed E-state index contributed by atoms with van der Waals surface area (Å²) in [5.41, 5.74) is 2.48. The summed E-state index contributed by atoms with van der Waals surface area (Å²) in [6, 6.07) is 5.41. The lowest BCUT2D eigenvalue weighted by atomic mass is 10.2. The molecule has 2 aromatic rings. The number of nitrogens with one attached hydrogen (secondary N) is 1. The molecule has 0 saturated heterocycles. The summed E-state index contributed by atoms with van der Waals surface area (Å²) in [4.78, 5) is 15.4. The van der Waals surface area contributed by atoms with Gasteiger partial charge in [-0.15, -0.1) is 0 Å². The zero-order valence-corrected chi connectivity index (χ0v) is 10.6. The van der Waals surface area contributed by atoms with Crippen molar-refractivity contribution in [2.45, 2.75) is 12.7 Å². The molecule has 0 spiro atoms. The van der Waals surface area contributed by atoms with E-state index in [0.29, 0.717) is 6.08 Å². The van der Waals surface area contributed by atoms with Crippen molar-refractivity contribution in [2.75, 3.05) is 0 Å². The zero-order valence-electron chi connectivity index (χ0n) is 10.6. The Bertz CT molecular complexity index is 658. The van der Waals surface area contributed by atoms with Gasteiger partial charge in [0.05, 0.1) is 17.4 Å². The Morgan fingerprint density at radius 2 is 2.20 bits per heavy atom. The molecule has 7 heteroatoms. The number of fused-ring (bicyclic) bond motifs is 1. The molecule has 106 valence electrons. The van der Waals surface area contributed by atoms with E-state index in [-0.39, 0.29) is 12.6 Å². The number of carbonyl (C=O) groups is 1. The van der Waals surface area contributed by atoms with Crippen molar-refractivity contribution in [1.29, 1.82) is 0 Å². The van der Waals surface area contributed by atoms with Crippen molar-refractivity contribution < 1.29 is 18.0 Å². The van der Waals surface area contributed by atoms with Crippen LogP contribution in [0.15, 0.2) is 36.7 Å². The number of nitrogens with zero attached hydrogens (tertiary/aromatic N) is 2. The number of aryl methyl sites for hydroxylation is 1. The van der Waals surface area contributed by atoms with E-state index in [1.54, 1.807) is 18.5 Å². The van der Waals surface area contributed by atoms with Gasteiger partial charge in [0, 0.05) is 25.7 Å². The van der Waals surface area contributed by atoms with Crippen LogP contribution < -0.4 is 5.32 Å². The highest BCUT2D eigenvalue weighted by atomic mass is 19.4. The number of amides is 1. The standard InChI is InChI=1S/C13H12F3N3O/c1-19-8-18-10-6-9(2-3-11(10)19)7-17-12(20)4-5-13(14,15)16/h2-6,8H,7H2,1H3,(H,17,20)/b5-4+. The lowest BCUT2D eigenvalue weighted by Crippen LogP contribution is -2.21. The largest absolute Gasteiger partial charge is 0.409 e. The van der Waals surface area contributed by atoms with Crippen LogP contribution in [0, 0.1) is 0 Å². The first-order valence-corrected chi connectivity index (χ1v) is 5.79. The summed E-state index contributed by atoms with van der Waals surface area (Å²) in [7, 11) is 1.86. The first kappa shape index (κ1) is 14.1. The highest BCUT2D eigenvalue weighted by molar-refractivity contribution is 5.87. The molecule has 0 aliphatic heterocycles. The number of allylic oxidation sites excluding steroid dienone is 1. The van der Waals surface area contributed by atoms with Crippen LogP contribution in [0.3, 0.4) is 0 Å². The molecule has 2 rings (SSSR count). The maximum Gasteiger partial charge on any atom is 0.409 e. The third-order valence-electron chi connectivity index (χ3n) is 2.68. The third-order valence-corrected chi connectivity index (χ3v) is 2.68. The zero-order chi connectivity index (χ0) is 14.8. The minimum absolute atomic E-state index is 0.0930. The molecular weight excluding hydrogens is 271 g/mol. The highest BCUT2D eigenvalue weighted by Crippen LogP contribution is 2.16. The summed E-state index contributed by atoms with van der Waals surface area (Å²) < 4.78 is 37.5. The predicted octanol–water partition coefficient (Wildman–Crippen LogP) is 2.31. The lowest BCUT2D eigenvalue weighted by molar-refractivity contribution is -0.117. The van der Waals surface area contributed by atoms with Gasteiger partial charge < -0.3 is 9.88 Å². The van der Waals surface area contributed by atoms with Gasteiger partial charge in [-0.2, -0.15) is 13.2 Å². The third kappa shape index (κ3) is 3.59. The Morgan fingerprint density at radius 3 is 2.90 bits per heavy atom. The lowest BCUT2D eigenvalue weighted by Gasteiger charge is -2.03. The number of carbonyl (C=O) groups excluding carboxylic acids is 1. The molecule has 0 unspecified atom stereocenters. The van der Waals surface area contributed by atoms with Gasteiger partial charge in [0.25, 0.3) is 0 Å². The van der Waals surface area contributed by atoms with Crippen molar-refractivity contribution >= 4 is 16.9 Å². The average molecular weight is 283 g/mol. The van der Waals surface area contributed by atoms with Gasteiger partial charge in [0.15, 0.2) is 0 Å². The minimum atomic E-state index is -4.48. The van der Waals surface area contributed by atoms with E-state index in [2.05, 4.69) is 10.3 Å². The van der Waals surface area contributed by atoms with Crippen LogP contribution >= 0.6 is 0 Å². The molecule has 1 heterocycles. The molecule has 4 nitrogen and oxygen atoms in total. The number of alkyl halides is 3. The minimum Gasteiger partial charge on any atom is -0.348 e. The van der Waals surface area contributed by atoms with Gasteiger partial charge in [0.1, 0.15) is 0 Å². The molecule has 0 atom stereocenters. The second-order valence-corrected chi connectivity index (χ2v) is 4.27. The van der Waals surface area contributed by atoms with Gasteiger partial charge in [-0.3, -0.25) is 4.79 Å². The summed E-state index contributed by atoms with van der Waals surface area (Å²) in [6.07, 6.45) is -2.44. The second kappa shape index (κ2) is 5.36. The maximum atomic E-state index is 11.9. The van der Waals surface area contributed by atoms with E-state index < -0.39 is 12.1 Å². The Kier molecular flexibility index (Phi) is 3.78. The molecule has 0 aliphatic rings. The predicted molar refractivity (Wildman–Crippen MR) is 67.8 cm³/mol. The fourth-order valence-electron chi connectivity index (χ4n) is 1.71. The fraction of sp³-hybridized carbons (Fsp3) is 0.231. The SMILES string of the molecule is Cn1cnc2cc(CNC(=O)/C=C/C(F)(F)F)ccc21. The van der Waals surface area contributed by atoms with Crippen molar-refractivity contribution in [2.24, 2.45) is 7.05 Å². The van der Waals surface area contributed by atoms with Crippen molar-refractivity contribution in [1.82, 2.24) is 14.9 Å². The normalized spacial score (nSPS) is 12.2. The molecule has 1 amide bonds. The summed E-state index contributed by atoms with van der Waals surface area (Å²) in [6.45, 7) is 0.146. The Labute approximate surface area is 112 Å². The number of hydrogen-bond acceptors (Lipinski definition) is 2. The number of imidazole rings is 1. The summed E-state index contributed by atoms with van der Waals surface area (Å²) >= 11 is 0. The first-order chi connectivity index (χ1) is 9.35. The van der Waals surface area contributed by atoms with Gasteiger partial charge >= 0.3 is 6.18 Å². The van der Waals surface area contributed by atoms with Crippen LogP contribution in [0.1, 0.15) is 5.56 Å². The smallest absolute Gasteiger partial charge is 0.348 e. The van der Waals surface area contributed by atoms with Gasteiger partial charge in [-0.25, -0.2) is 4.98 Å². The van der Waals surface area contributed by atoms with Crippen molar-refractivity contribution in [3.63, 3.8) is 0 Å². The summed E-state index contributed by atoms with van der Waals surface area (Å²) in [5, 5.41) is 2.38. The molecule has 1 N–H and O–H groups in total. The Morgan fingerprint density at radius 1 is 1.45 bits per heavy atom. The Balaban J connectivity index is 1.99. The number of benzene rings is 1. The molecule has 0 bridgehead atoms. The van der Waals surface area contributed by atoms with Crippen molar-refractivity contribution in [3.05, 3.63) is 42.2 Å². The molecule has 20 heavy (non-hydrogen) atoms. The van der Waals surface area contributed by atoms with E-state index >= 15 is 0 Å². The van der Waals surface area contributed by atoms with Crippen LogP contribution in [0.2, 0.25) is 0 Å². The molecule has 1 aromatic heterocycles. The summed E-state index contributed by atoms with van der Waals surface area (Å²) in [5.74, 6) is -0.788. The van der Waals surface area contributed by atoms with E-state index in [1.165, 1.54) is 0 Å². The van der Waals surface area contributed by atoms with E-state index in [0.717, 1.165) is 16.6 Å². The maximum absolute atomic E-state index is 11.9. The monoisotopic (exact) mass is 283 g/mol. The van der Waals surface area contributed by atoms with Gasteiger partial charge in [-0.1, -0.05) is 6.07 Å². The Hall–Kier alpha value is -2.31. The van der Waals surface area contributed by atoms with E-state index in [9.17, 15) is 18.0 Å². The number of halogens is 3. The second-order valence-electron chi connectivity index (χ2n) is 4.27. The van der Waals surface area contributed by atoms with Crippen LogP contribution in [0.4, 0.5) is 13.2 Å². The number of rotatable bonds is 3. The van der Waals surface area contributed by atoms with Crippen LogP contribution in [-0.2, 0) is 18.4 Å². The van der Waals surface area contributed by atoms with Crippen molar-refractivity contribution in [3.8, 4) is 0 Å². The van der Waals surface area contributed by atoms with Crippen LogP contribution in [0.25, 0.3) is 11.0 Å². The first-order valence-electron chi connectivity index (χ1n) is 5.79. The fourth-order valence-corrected chi connectivity index (χ4v) is 1.71. The van der Waals surface area contributed by atoms with E-state index in [4.69, 9.17) is 0 Å². The average Bonchev–Trinajstić information content (AvgIpc) is 2.74. The molecule has 0 saturated carbocycles. The number of aromatic nitrogens is 2. The number of hydrogen-bond donors (Lipinski definition) is 1. The quantitative estimate of drug-likeness (QED) is 0.879. The van der Waals surface area contributed by atoms with E-state index in [1.807, 2.05) is 17.7 Å². The van der Waals surface area contributed by atoms with Crippen LogP contribution in [-0.4, -0.2) is 21.6 Å². The molecular formula is C13H12F3N3O. The topological polar surface area (TPSA) is 46.9 Å². The molecule has 0 aliphatic carbocycles. The molecule has 0 fully saturated rings. The molecule has 0 radical (unpaired) electrons. The van der Waals surface area contributed by atoms with Crippen LogP contribution in [0.5, 0.6) is 0 Å². The van der Waals surface area contributed by atoms with Gasteiger partial charge in [0.2, 0.25) is 5.91 Å². The molecule has 1 aromatic carbocycles. The van der Waals surface area contributed by atoms with Gasteiger partial charge in [-0.05, 0) is 17.7 Å². The highest BCUT2D eigenvalue weighted by Gasteiger charge is 2.22.